The van der Waals surface area contributed by atoms with Crippen LogP contribution < -0.4 is 5.32 Å². The van der Waals surface area contributed by atoms with Crippen LogP contribution in [0.1, 0.15) is 29.7 Å². The molecule has 2 rings (SSSR count). The van der Waals surface area contributed by atoms with Crippen molar-refractivity contribution in [2.45, 2.75) is 26.3 Å². The smallest absolute Gasteiger partial charge is 0.0595 e. The second kappa shape index (κ2) is 7.64. The minimum atomic E-state index is 0.264. The van der Waals surface area contributed by atoms with Crippen LogP contribution in [0.3, 0.4) is 0 Å². The third-order valence-corrected chi connectivity index (χ3v) is 4.71. The van der Waals surface area contributed by atoms with Crippen LogP contribution in [0.15, 0.2) is 40.9 Å². The molecule has 0 aromatic heterocycles. The van der Waals surface area contributed by atoms with Crippen LogP contribution in [0.5, 0.6) is 0 Å². The van der Waals surface area contributed by atoms with Gasteiger partial charge in [0.2, 0.25) is 0 Å². The molecule has 0 saturated carbocycles. The van der Waals surface area contributed by atoms with Crippen molar-refractivity contribution in [1.29, 1.82) is 0 Å². The summed E-state index contributed by atoms with van der Waals surface area (Å²) in [5.41, 5.74) is 3.76. The summed E-state index contributed by atoms with van der Waals surface area (Å²) in [4.78, 5) is 0. The summed E-state index contributed by atoms with van der Waals surface area (Å²) in [6.45, 7) is 5.18. The molecule has 2 aromatic rings. The van der Waals surface area contributed by atoms with E-state index in [2.05, 4.69) is 53.3 Å². The average Bonchev–Trinajstić information content (AvgIpc) is 2.42. The second-order valence-corrected chi connectivity index (χ2v) is 6.79. The Morgan fingerprint density at radius 1 is 1.10 bits per heavy atom. The van der Waals surface area contributed by atoms with Crippen molar-refractivity contribution in [1.82, 2.24) is 5.32 Å². The quantitative estimate of drug-likeness (QED) is 0.668. The normalized spacial score (nSPS) is 12.4. The van der Waals surface area contributed by atoms with E-state index in [1.165, 1.54) is 16.7 Å². The first kappa shape index (κ1) is 16.8. The Morgan fingerprint density at radius 2 is 1.86 bits per heavy atom. The van der Waals surface area contributed by atoms with E-state index in [1.807, 2.05) is 18.2 Å². The number of halogens is 3. The topological polar surface area (TPSA) is 12.0 Å². The van der Waals surface area contributed by atoms with Gasteiger partial charge in [-0.2, -0.15) is 0 Å². The van der Waals surface area contributed by atoms with E-state index >= 15 is 0 Å². The monoisotopic (exact) mass is 385 g/mol. The Bertz CT molecular complexity index is 628. The molecule has 2 aromatic carbocycles. The van der Waals surface area contributed by atoms with Crippen LogP contribution in [-0.2, 0) is 6.42 Å². The van der Waals surface area contributed by atoms with Crippen LogP contribution in [0, 0.1) is 6.92 Å². The van der Waals surface area contributed by atoms with Crippen LogP contribution in [0.25, 0.3) is 0 Å². The lowest BCUT2D eigenvalue weighted by Crippen LogP contribution is -2.23. The van der Waals surface area contributed by atoms with Gasteiger partial charge in [0, 0.05) is 10.5 Å². The molecule has 0 heterocycles. The van der Waals surface area contributed by atoms with Gasteiger partial charge >= 0.3 is 0 Å². The highest BCUT2D eigenvalue weighted by Gasteiger charge is 2.14. The largest absolute Gasteiger partial charge is 0.310 e. The highest BCUT2D eigenvalue weighted by Crippen LogP contribution is 2.28. The molecule has 1 N–H and O–H groups in total. The van der Waals surface area contributed by atoms with E-state index in [0.717, 1.165) is 17.4 Å². The van der Waals surface area contributed by atoms with E-state index in [4.69, 9.17) is 23.2 Å². The molecule has 1 nitrogen and oxygen atoms in total. The molecule has 4 heteroatoms. The van der Waals surface area contributed by atoms with E-state index < -0.39 is 0 Å². The number of benzene rings is 2. The van der Waals surface area contributed by atoms with Gasteiger partial charge in [0.05, 0.1) is 10.0 Å². The maximum atomic E-state index is 6.11. The molecule has 112 valence electrons. The van der Waals surface area contributed by atoms with Crippen molar-refractivity contribution in [3.8, 4) is 0 Å². The number of aryl methyl sites for hydroxylation is 1. The molecular weight excluding hydrogens is 369 g/mol. The summed E-state index contributed by atoms with van der Waals surface area (Å²) in [7, 11) is 0. The van der Waals surface area contributed by atoms with Crippen molar-refractivity contribution in [2.75, 3.05) is 6.54 Å². The van der Waals surface area contributed by atoms with Gasteiger partial charge in [-0.25, -0.2) is 0 Å². The third kappa shape index (κ3) is 4.46. The SMILES string of the molecule is CCNC(Cc1ccc(Cl)c(Cl)c1)c1ccc(Br)cc1C. The fourth-order valence-corrected chi connectivity index (χ4v) is 3.27. The molecule has 0 saturated heterocycles. The minimum Gasteiger partial charge on any atom is -0.310 e. The van der Waals surface area contributed by atoms with Crippen molar-refractivity contribution in [3.63, 3.8) is 0 Å². The van der Waals surface area contributed by atoms with Crippen LogP contribution in [-0.4, -0.2) is 6.54 Å². The van der Waals surface area contributed by atoms with Crippen LogP contribution >= 0.6 is 39.1 Å². The van der Waals surface area contributed by atoms with E-state index in [-0.39, 0.29) is 6.04 Å². The molecule has 0 fully saturated rings. The number of rotatable bonds is 5. The molecule has 1 unspecified atom stereocenters. The molecule has 0 bridgehead atoms. The highest BCUT2D eigenvalue weighted by molar-refractivity contribution is 9.10. The van der Waals surface area contributed by atoms with Gasteiger partial charge in [0.25, 0.3) is 0 Å². The molecule has 0 aliphatic rings. The van der Waals surface area contributed by atoms with Gasteiger partial charge in [-0.05, 0) is 60.8 Å². The second-order valence-electron chi connectivity index (χ2n) is 5.06. The van der Waals surface area contributed by atoms with Crippen molar-refractivity contribution < 1.29 is 0 Å². The third-order valence-electron chi connectivity index (χ3n) is 3.48. The summed E-state index contributed by atoms with van der Waals surface area (Å²) >= 11 is 15.6. The maximum absolute atomic E-state index is 6.11. The standard InChI is InChI=1S/C17H18BrCl2N/c1-3-21-17(14-6-5-13(18)8-11(14)2)10-12-4-7-15(19)16(20)9-12/h4-9,17,21H,3,10H2,1-2H3. The van der Waals surface area contributed by atoms with E-state index in [1.54, 1.807) is 0 Å². The first-order chi connectivity index (χ1) is 10.0. The Hall–Kier alpha value is -0.540. The summed E-state index contributed by atoms with van der Waals surface area (Å²) in [6, 6.07) is 12.5. The van der Waals surface area contributed by atoms with Crippen LogP contribution in [0.4, 0.5) is 0 Å². The molecule has 0 spiro atoms. The van der Waals surface area contributed by atoms with Gasteiger partial charge < -0.3 is 5.32 Å². The first-order valence-electron chi connectivity index (χ1n) is 6.94. The number of nitrogens with one attached hydrogen (secondary N) is 1. The molecule has 0 radical (unpaired) electrons. The lowest BCUT2D eigenvalue weighted by molar-refractivity contribution is 0.547. The molecule has 0 amide bonds. The fourth-order valence-electron chi connectivity index (χ4n) is 2.47. The lowest BCUT2D eigenvalue weighted by Gasteiger charge is -2.21. The predicted molar refractivity (Wildman–Crippen MR) is 95.5 cm³/mol. The summed E-state index contributed by atoms with van der Waals surface area (Å²) in [5, 5.41) is 4.76. The molecule has 1 atom stereocenters. The Balaban J connectivity index is 2.28. The van der Waals surface area contributed by atoms with Gasteiger partial charge in [0.15, 0.2) is 0 Å². The van der Waals surface area contributed by atoms with Crippen LogP contribution in [0.2, 0.25) is 10.0 Å². The summed E-state index contributed by atoms with van der Waals surface area (Å²) in [5.74, 6) is 0. The van der Waals surface area contributed by atoms with Gasteiger partial charge in [-0.1, -0.05) is 58.2 Å². The molecule has 0 aliphatic carbocycles. The van der Waals surface area contributed by atoms with Crippen molar-refractivity contribution >= 4 is 39.1 Å². The highest BCUT2D eigenvalue weighted by atomic mass is 79.9. The molecule has 21 heavy (non-hydrogen) atoms. The Kier molecular flexibility index (Phi) is 6.12. The van der Waals surface area contributed by atoms with Gasteiger partial charge in [0.1, 0.15) is 0 Å². The molecule has 0 aliphatic heterocycles. The number of hydrogen-bond acceptors (Lipinski definition) is 1. The van der Waals surface area contributed by atoms with E-state index in [9.17, 15) is 0 Å². The number of hydrogen-bond donors (Lipinski definition) is 1. The number of likely N-dealkylation sites (N-methyl/N-ethyl adjacent to an activating group) is 1. The van der Waals surface area contributed by atoms with Gasteiger partial charge in [-0.15, -0.1) is 0 Å². The Labute approximate surface area is 144 Å². The zero-order valence-electron chi connectivity index (χ0n) is 12.1. The molecular formula is C17H18BrCl2N. The predicted octanol–water partition coefficient (Wildman–Crippen LogP) is 5.96. The zero-order chi connectivity index (χ0) is 15.4. The zero-order valence-corrected chi connectivity index (χ0v) is 15.2. The minimum absolute atomic E-state index is 0.264. The lowest BCUT2D eigenvalue weighted by atomic mass is 9.95. The average molecular weight is 387 g/mol. The Morgan fingerprint density at radius 3 is 2.48 bits per heavy atom. The first-order valence-corrected chi connectivity index (χ1v) is 8.49. The fraction of sp³-hybridized carbons (Fsp3) is 0.294. The van der Waals surface area contributed by atoms with Crippen molar-refractivity contribution in [3.05, 3.63) is 67.6 Å². The summed E-state index contributed by atoms with van der Waals surface area (Å²) < 4.78 is 1.11. The van der Waals surface area contributed by atoms with E-state index in [0.29, 0.717) is 10.0 Å². The van der Waals surface area contributed by atoms with Gasteiger partial charge in [-0.3, -0.25) is 0 Å². The summed E-state index contributed by atoms with van der Waals surface area (Å²) in [6.07, 6.45) is 0.882. The maximum Gasteiger partial charge on any atom is 0.0595 e. The van der Waals surface area contributed by atoms with Crippen molar-refractivity contribution in [2.24, 2.45) is 0 Å².